The van der Waals surface area contributed by atoms with E-state index < -0.39 is 10.0 Å². The van der Waals surface area contributed by atoms with Gasteiger partial charge in [0, 0.05) is 44.1 Å². The maximum atomic E-state index is 12.7. The van der Waals surface area contributed by atoms with Crippen LogP contribution in [-0.2, 0) is 14.8 Å². The lowest BCUT2D eigenvalue weighted by Crippen LogP contribution is -2.37. The Labute approximate surface area is 248 Å². The van der Waals surface area contributed by atoms with Crippen LogP contribution in [-0.4, -0.2) is 67.3 Å². The number of piperidine rings is 2. The smallest absolute Gasteiger partial charge is 0.235 e. The van der Waals surface area contributed by atoms with Gasteiger partial charge < -0.3 is 14.5 Å². The van der Waals surface area contributed by atoms with Crippen molar-refractivity contribution in [3.63, 3.8) is 0 Å². The van der Waals surface area contributed by atoms with Gasteiger partial charge in [-0.15, -0.1) is 13.2 Å². The molecule has 222 valence electrons. The normalized spacial score (nSPS) is 20.0. The first-order valence-corrected chi connectivity index (χ1v) is 16.5. The Morgan fingerprint density at radius 1 is 0.976 bits per heavy atom. The first kappa shape index (κ1) is 28.5. The van der Waals surface area contributed by atoms with E-state index in [1.807, 2.05) is 47.5 Å². The van der Waals surface area contributed by atoms with Crippen LogP contribution in [0.4, 0.5) is 17.2 Å². The highest BCUT2D eigenvalue weighted by Crippen LogP contribution is 2.35. The molecule has 1 N–H and O–H groups in total. The monoisotopic (exact) mass is 588 g/mol. The molecular weight excluding hydrogens is 548 g/mol. The summed E-state index contributed by atoms with van der Waals surface area (Å²) < 4.78 is 36.0. The average Bonchev–Trinajstić information content (AvgIpc) is 3.78. The molecule has 0 radical (unpaired) electrons. The van der Waals surface area contributed by atoms with Crippen LogP contribution in [0, 0.1) is 5.92 Å². The second kappa shape index (κ2) is 12.3. The first-order chi connectivity index (χ1) is 20.4. The molecule has 2 saturated heterocycles. The summed E-state index contributed by atoms with van der Waals surface area (Å²) >= 11 is 0. The van der Waals surface area contributed by atoms with Crippen LogP contribution in [0.25, 0.3) is 16.8 Å². The van der Waals surface area contributed by atoms with E-state index in [1.165, 1.54) is 6.42 Å². The van der Waals surface area contributed by atoms with Crippen LogP contribution < -0.4 is 14.5 Å². The largest absolute Gasteiger partial charge is 0.374 e. The van der Waals surface area contributed by atoms with Gasteiger partial charge in [0.2, 0.25) is 10.0 Å². The number of pyridine rings is 1. The Morgan fingerprint density at radius 2 is 1.81 bits per heavy atom. The quantitative estimate of drug-likeness (QED) is 0.299. The zero-order valence-electron chi connectivity index (χ0n) is 24.1. The van der Waals surface area contributed by atoms with Crippen molar-refractivity contribution >= 4 is 27.2 Å². The number of hydrogen-bond donors (Lipinski definition) is 1. The van der Waals surface area contributed by atoms with E-state index >= 15 is 0 Å². The van der Waals surface area contributed by atoms with Crippen molar-refractivity contribution in [2.75, 3.05) is 47.3 Å². The van der Waals surface area contributed by atoms with Crippen LogP contribution in [0.1, 0.15) is 38.5 Å². The van der Waals surface area contributed by atoms with Crippen molar-refractivity contribution in [3.05, 3.63) is 74.2 Å². The molecule has 1 aliphatic carbocycles. The van der Waals surface area contributed by atoms with Crippen molar-refractivity contribution < 1.29 is 13.2 Å². The molecule has 2 aliphatic heterocycles. The van der Waals surface area contributed by atoms with E-state index in [0.717, 1.165) is 86.6 Å². The zero-order valence-corrected chi connectivity index (χ0v) is 24.9. The van der Waals surface area contributed by atoms with E-state index in [1.54, 1.807) is 6.08 Å². The van der Waals surface area contributed by atoms with Gasteiger partial charge in [0.25, 0.3) is 0 Å². The van der Waals surface area contributed by atoms with E-state index in [9.17, 15) is 8.42 Å². The van der Waals surface area contributed by atoms with Crippen LogP contribution in [0.5, 0.6) is 0 Å². The fourth-order valence-electron chi connectivity index (χ4n) is 5.91. The summed E-state index contributed by atoms with van der Waals surface area (Å²) in [6.07, 6.45) is 15.3. The van der Waals surface area contributed by atoms with Gasteiger partial charge in [-0.3, -0.25) is 4.72 Å². The third-order valence-corrected chi connectivity index (χ3v) is 10.3. The summed E-state index contributed by atoms with van der Waals surface area (Å²) in [6, 6.07) is 9.88. The third-order valence-electron chi connectivity index (χ3n) is 8.45. The molecule has 1 aromatic carbocycles. The lowest BCUT2D eigenvalue weighted by molar-refractivity contribution is 0.0563. The molecule has 3 aliphatic rings. The first-order valence-electron chi connectivity index (χ1n) is 15.0. The molecule has 3 aromatic rings. The lowest BCUT2D eigenvalue weighted by Gasteiger charge is -2.34. The maximum absolute atomic E-state index is 12.7. The number of nitrogens with zero attached hydrogens (tertiary/aromatic N) is 5. The number of rotatable bonds is 11. The molecule has 1 saturated carbocycles. The standard InChI is InChI=1S/C32H40N6O3S/c1-3-18-41-28-12-16-36(17-13-28)31-20-27(35-42(39,40)29-8-9-29)7-10-30(31)38-23-26(21-34-38)25-11-14-33-32(19-25)37-15-5-6-24(4-2)22-37/h3-4,7,10-11,14,19-21,23-24,28-29,35H,1-2,5-6,8-9,12-13,15-18,22H2. The van der Waals surface area contributed by atoms with Crippen molar-refractivity contribution in [2.45, 2.75) is 49.9 Å². The van der Waals surface area contributed by atoms with E-state index in [0.29, 0.717) is 18.2 Å². The number of nitrogens with one attached hydrogen (secondary N) is 1. The Bertz CT molecular complexity index is 1520. The van der Waals surface area contributed by atoms with Crippen molar-refractivity contribution in [1.29, 1.82) is 0 Å². The molecular formula is C32H40N6O3S. The van der Waals surface area contributed by atoms with Crippen molar-refractivity contribution in [3.8, 4) is 16.8 Å². The fourth-order valence-corrected chi connectivity index (χ4v) is 7.29. The molecule has 10 heteroatoms. The highest BCUT2D eigenvalue weighted by Gasteiger charge is 2.36. The van der Waals surface area contributed by atoms with Gasteiger partial charge in [-0.05, 0) is 80.3 Å². The van der Waals surface area contributed by atoms with Gasteiger partial charge in [0.05, 0.1) is 41.2 Å². The second-order valence-corrected chi connectivity index (χ2v) is 13.5. The van der Waals surface area contributed by atoms with Crippen LogP contribution in [0.3, 0.4) is 0 Å². The Morgan fingerprint density at radius 3 is 2.57 bits per heavy atom. The van der Waals surface area contributed by atoms with Crippen molar-refractivity contribution in [2.24, 2.45) is 5.92 Å². The molecule has 1 atom stereocenters. The van der Waals surface area contributed by atoms with Gasteiger partial charge in [-0.1, -0.05) is 12.2 Å². The highest BCUT2D eigenvalue weighted by atomic mass is 32.2. The van der Waals surface area contributed by atoms with Gasteiger partial charge in [-0.25, -0.2) is 18.1 Å². The summed E-state index contributed by atoms with van der Waals surface area (Å²) in [6.45, 7) is 11.8. The Balaban J connectivity index is 1.27. The summed E-state index contributed by atoms with van der Waals surface area (Å²) in [5.41, 5.74) is 4.48. The minimum Gasteiger partial charge on any atom is -0.374 e. The third kappa shape index (κ3) is 6.39. The summed E-state index contributed by atoms with van der Waals surface area (Å²) in [5.74, 6) is 1.46. The van der Waals surface area contributed by atoms with Gasteiger partial charge in [0.1, 0.15) is 5.82 Å². The van der Waals surface area contributed by atoms with E-state index in [4.69, 9.17) is 9.84 Å². The van der Waals surface area contributed by atoms with Crippen LogP contribution in [0.2, 0.25) is 0 Å². The van der Waals surface area contributed by atoms with Crippen LogP contribution >= 0.6 is 0 Å². The minimum atomic E-state index is -3.37. The number of anilines is 3. The topological polar surface area (TPSA) is 92.6 Å². The molecule has 0 bridgehead atoms. The lowest BCUT2D eigenvalue weighted by atomic mass is 9.98. The number of benzene rings is 1. The minimum absolute atomic E-state index is 0.193. The SMILES string of the molecule is C=CCOC1CCN(c2cc(NS(=O)(=O)C3CC3)ccc2-n2cc(-c3ccnc(N4CCCC(C=C)C4)c3)cn2)CC1. The molecule has 9 nitrogen and oxygen atoms in total. The number of aromatic nitrogens is 3. The number of hydrogen-bond acceptors (Lipinski definition) is 7. The molecule has 4 heterocycles. The van der Waals surface area contributed by atoms with Gasteiger partial charge >= 0.3 is 0 Å². The molecule has 0 amide bonds. The average molecular weight is 589 g/mol. The molecule has 3 fully saturated rings. The molecule has 0 spiro atoms. The highest BCUT2D eigenvalue weighted by molar-refractivity contribution is 7.93. The zero-order chi connectivity index (χ0) is 29.1. The molecule has 2 aromatic heterocycles. The molecule has 1 unspecified atom stereocenters. The second-order valence-electron chi connectivity index (χ2n) is 11.5. The number of sulfonamides is 1. The summed E-state index contributed by atoms with van der Waals surface area (Å²) in [5, 5.41) is 4.46. The maximum Gasteiger partial charge on any atom is 0.235 e. The van der Waals surface area contributed by atoms with Crippen molar-refractivity contribution in [1.82, 2.24) is 14.8 Å². The fraction of sp³-hybridized carbons (Fsp3) is 0.438. The van der Waals surface area contributed by atoms with E-state index in [2.05, 4.69) is 44.8 Å². The Hall–Kier alpha value is -3.63. The van der Waals surface area contributed by atoms with Gasteiger partial charge in [0.15, 0.2) is 0 Å². The number of ether oxygens (including phenoxy) is 1. The van der Waals surface area contributed by atoms with E-state index in [-0.39, 0.29) is 11.4 Å². The summed E-state index contributed by atoms with van der Waals surface area (Å²) in [7, 11) is -3.37. The predicted octanol–water partition coefficient (Wildman–Crippen LogP) is 5.41. The van der Waals surface area contributed by atoms with Crippen LogP contribution in [0.15, 0.2) is 74.2 Å². The predicted molar refractivity (Wildman–Crippen MR) is 169 cm³/mol. The Kier molecular flexibility index (Phi) is 8.35. The van der Waals surface area contributed by atoms with Gasteiger partial charge in [-0.2, -0.15) is 5.10 Å². The molecule has 6 rings (SSSR count). The summed E-state index contributed by atoms with van der Waals surface area (Å²) in [4.78, 5) is 9.30. The molecule has 42 heavy (non-hydrogen) atoms.